The Morgan fingerprint density at radius 1 is 0.443 bits per heavy atom. The number of nitrogens with one attached hydrogen (secondary N) is 1. The van der Waals surface area contributed by atoms with E-state index in [0.717, 1.165) is 51.4 Å². The van der Waals surface area contributed by atoms with Crippen molar-refractivity contribution >= 4 is 11.9 Å². The fraction of sp³-hybridized carbons (Fsp3) is 0.927. The molecule has 0 rings (SSSR count). The molecule has 0 aromatic heterocycles. The van der Waals surface area contributed by atoms with Crippen molar-refractivity contribution in [1.29, 1.82) is 0 Å². The van der Waals surface area contributed by atoms with E-state index in [4.69, 9.17) is 4.74 Å². The van der Waals surface area contributed by atoms with Crippen LogP contribution in [0.1, 0.15) is 303 Å². The van der Waals surface area contributed by atoms with Crippen LogP contribution in [0.3, 0.4) is 0 Å². The molecular formula is C55H107NO5. The van der Waals surface area contributed by atoms with E-state index in [0.29, 0.717) is 25.9 Å². The van der Waals surface area contributed by atoms with Gasteiger partial charge in [0, 0.05) is 12.8 Å². The third-order valence-electron chi connectivity index (χ3n) is 12.8. The number of carbonyl (C=O) groups is 2. The van der Waals surface area contributed by atoms with Gasteiger partial charge < -0.3 is 20.3 Å². The number of rotatable bonds is 51. The zero-order valence-electron chi connectivity index (χ0n) is 41.2. The second kappa shape index (κ2) is 51.2. The summed E-state index contributed by atoms with van der Waals surface area (Å²) in [5.74, 6) is -0.0462. The van der Waals surface area contributed by atoms with Crippen LogP contribution in [-0.2, 0) is 14.3 Å². The van der Waals surface area contributed by atoms with E-state index in [9.17, 15) is 19.8 Å². The lowest BCUT2D eigenvalue weighted by molar-refractivity contribution is -0.143. The maximum absolute atomic E-state index is 12.5. The lowest BCUT2D eigenvalue weighted by Gasteiger charge is -2.22. The molecule has 0 bridgehead atoms. The van der Waals surface area contributed by atoms with Crippen LogP contribution >= 0.6 is 0 Å². The van der Waals surface area contributed by atoms with Crippen LogP contribution in [0.2, 0.25) is 0 Å². The number of aliphatic hydroxyl groups is 2. The summed E-state index contributed by atoms with van der Waals surface area (Å²) in [6.45, 7) is 4.94. The Morgan fingerprint density at radius 3 is 1.16 bits per heavy atom. The van der Waals surface area contributed by atoms with Gasteiger partial charge in [-0.2, -0.15) is 0 Å². The first-order valence-corrected chi connectivity index (χ1v) is 27.4. The molecule has 0 heterocycles. The first-order valence-electron chi connectivity index (χ1n) is 27.4. The molecule has 0 radical (unpaired) electrons. The average Bonchev–Trinajstić information content (AvgIpc) is 3.26. The minimum absolute atomic E-state index is 0.000784. The van der Waals surface area contributed by atoms with E-state index in [1.165, 1.54) is 218 Å². The SMILES string of the molecule is CCCCCCCCCCCCCCCCCC(O)C(CO)NC(=O)CCCCCCCCC/C=C\CCCCCCCCOC(=O)CCCCCCCCCCCCCC. The highest BCUT2D eigenvalue weighted by Crippen LogP contribution is 2.17. The Balaban J connectivity index is 3.45. The standard InChI is InChI=1S/C55H107NO5/c1-3-5-7-9-11-13-15-17-21-24-27-31-35-39-43-47-53(58)52(51-57)56-54(59)48-44-40-36-32-28-25-22-19-18-20-23-26-30-34-38-42-46-50-61-55(60)49-45-41-37-33-29-16-14-12-10-8-6-4-2/h18,20,52-53,57-58H,3-17,19,21-51H2,1-2H3,(H,56,59)/b20-18-. The summed E-state index contributed by atoms with van der Waals surface area (Å²) in [5.41, 5.74) is 0. The molecular weight excluding hydrogens is 755 g/mol. The lowest BCUT2D eigenvalue weighted by atomic mass is 10.0. The van der Waals surface area contributed by atoms with Crippen LogP contribution in [0.25, 0.3) is 0 Å². The number of unbranched alkanes of at least 4 members (excludes halogenated alkanes) is 38. The molecule has 1 amide bonds. The molecule has 6 heteroatoms. The van der Waals surface area contributed by atoms with Gasteiger partial charge >= 0.3 is 5.97 Å². The molecule has 0 aromatic rings. The van der Waals surface area contributed by atoms with Crippen molar-refractivity contribution in [1.82, 2.24) is 5.32 Å². The first kappa shape index (κ1) is 59.6. The highest BCUT2D eigenvalue weighted by Gasteiger charge is 2.20. The van der Waals surface area contributed by atoms with Crippen LogP contribution in [0, 0.1) is 0 Å². The van der Waals surface area contributed by atoms with E-state index in [1.54, 1.807) is 0 Å². The van der Waals surface area contributed by atoms with Crippen LogP contribution in [0.4, 0.5) is 0 Å². The van der Waals surface area contributed by atoms with E-state index in [2.05, 4.69) is 31.3 Å². The van der Waals surface area contributed by atoms with Crippen molar-refractivity contribution in [2.45, 2.75) is 315 Å². The highest BCUT2D eigenvalue weighted by molar-refractivity contribution is 5.76. The molecule has 0 spiro atoms. The number of aliphatic hydroxyl groups excluding tert-OH is 2. The van der Waals surface area contributed by atoms with Crippen molar-refractivity contribution in [2.24, 2.45) is 0 Å². The number of esters is 1. The summed E-state index contributed by atoms with van der Waals surface area (Å²) in [6, 6.07) is -0.549. The highest BCUT2D eigenvalue weighted by atomic mass is 16.5. The van der Waals surface area contributed by atoms with Gasteiger partial charge in [0.25, 0.3) is 0 Å². The minimum Gasteiger partial charge on any atom is -0.466 e. The van der Waals surface area contributed by atoms with Gasteiger partial charge in [0.1, 0.15) is 0 Å². The molecule has 0 aliphatic carbocycles. The third kappa shape index (κ3) is 47.9. The van der Waals surface area contributed by atoms with Crippen molar-refractivity contribution in [2.75, 3.05) is 13.2 Å². The molecule has 6 nitrogen and oxygen atoms in total. The number of hydrogen-bond donors (Lipinski definition) is 3. The molecule has 61 heavy (non-hydrogen) atoms. The summed E-state index contributed by atoms with van der Waals surface area (Å²) >= 11 is 0. The zero-order chi connectivity index (χ0) is 44.4. The van der Waals surface area contributed by atoms with Crippen LogP contribution in [-0.4, -0.2) is 47.4 Å². The summed E-state index contributed by atoms with van der Waals surface area (Å²) in [5, 5.41) is 23.2. The molecule has 0 aromatic carbocycles. The number of hydrogen-bond acceptors (Lipinski definition) is 5. The van der Waals surface area contributed by atoms with Crippen LogP contribution in [0.5, 0.6) is 0 Å². The lowest BCUT2D eigenvalue weighted by Crippen LogP contribution is -2.45. The Morgan fingerprint density at radius 2 is 0.770 bits per heavy atom. The zero-order valence-corrected chi connectivity index (χ0v) is 41.2. The summed E-state index contributed by atoms with van der Waals surface area (Å²) in [6.07, 6.45) is 59.0. The van der Waals surface area contributed by atoms with Crippen molar-refractivity contribution in [3.8, 4) is 0 Å². The van der Waals surface area contributed by atoms with Gasteiger partial charge in [0.2, 0.25) is 5.91 Å². The summed E-state index contributed by atoms with van der Waals surface area (Å²) in [4.78, 5) is 24.5. The van der Waals surface area contributed by atoms with E-state index in [-0.39, 0.29) is 18.5 Å². The van der Waals surface area contributed by atoms with Gasteiger partial charge in [-0.15, -0.1) is 0 Å². The Bertz CT molecular complexity index is 909. The monoisotopic (exact) mass is 862 g/mol. The molecule has 362 valence electrons. The van der Waals surface area contributed by atoms with Gasteiger partial charge in [0.05, 0.1) is 25.4 Å². The predicted octanol–water partition coefficient (Wildman–Crippen LogP) is 16.5. The Hall–Kier alpha value is -1.40. The summed E-state index contributed by atoms with van der Waals surface area (Å²) < 4.78 is 5.45. The number of allylic oxidation sites excluding steroid dienone is 2. The molecule has 2 atom stereocenters. The number of ether oxygens (including phenoxy) is 1. The Kier molecular flexibility index (Phi) is 50.1. The van der Waals surface area contributed by atoms with E-state index >= 15 is 0 Å². The number of carbonyl (C=O) groups excluding carboxylic acids is 2. The molecule has 0 saturated heterocycles. The molecule has 0 aliphatic heterocycles. The number of amides is 1. The van der Waals surface area contributed by atoms with Crippen LogP contribution < -0.4 is 5.32 Å². The Labute approximate surface area is 380 Å². The minimum atomic E-state index is -0.671. The molecule has 0 aliphatic rings. The average molecular weight is 862 g/mol. The van der Waals surface area contributed by atoms with E-state index in [1.807, 2.05) is 0 Å². The maximum Gasteiger partial charge on any atom is 0.305 e. The largest absolute Gasteiger partial charge is 0.466 e. The second-order valence-corrected chi connectivity index (χ2v) is 18.9. The molecule has 0 fully saturated rings. The first-order chi connectivity index (χ1) is 30.0. The predicted molar refractivity (Wildman–Crippen MR) is 264 cm³/mol. The van der Waals surface area contributed by atoms with E-state index < -0.39 is 12.1 Å². The fourth-order valence-corrected chi connectivity index (χ4v) is 8.58. The maximum atomic E-state index is 12.5. The van der Waals surface area contributed by atoms with Gasteiger partial charge in [-0.25, -0.2) is 0 Å². The van der Waals surface area contributed by atoms with Gasteiger partial charge in [0.15, 0.2) is 0 Å². The van der Waals surface area contributed by atoms with Crippen LogP contribution in [0.15, 0.2) is 12.2 Å². The van der Waals surface area contributed by atoms with Gasteiger partial charge in [-0.3, -0.25) is 9.59 Å². The fourth-order valence-electron chi connectivity index (χ4n) is 8.58. The van der Waals surface area contributed by atoms with Crippen molar-refractivity contribution in [3.05, 3.63) is 12.2 Å². The van der Waals surface area contributed by atoms with Crippen molar-refractivity contribution < 1.29 is 24.5 Å². The van der Waals surface area contributed by atoms with Gasteiger partial charge in [-0.1, -0.05) is 251 Å². The topological polar surface area (TPSA) is 95.9 Å². The second-order valence-electron chi connectivity index (χ2n) is 18.9. The molecule has 3 N–H and O–H groups in total. The summed E-state index contributed by atoms with van der Waals surface area (Å²) in [7, 11) is 0. The molecule has 0 saturated carbocycles. The van der Waals surface area contributed by atoms with Gasteiger partial charge in [-0.05, 0) is 51.4 Å². The quantitative estimate of drug-likeness (QED) is 0.0322. The molecule has 2 unspecified atom stereocenters. The third-order valence-corrected chi connectivity index (χ3v) is 12.8. The normalized spacial score (nSPS) is 12.7. The van der Waals surface area contributed by atoms with Crippen molar-refractivity contribution in [3.63, 3.8) is 0 Å². The smallest absolute Gasteiger partial charge is 0.305 e.